The lowest BCUT2D eigenvalue weighted by Crippen LogP contribution is -1.91. The van der Waals surface area contributed by atoms with Crippen molar-refractivity contribution in [3.8, 4) is 11.1 Å². The molecule has 0 aliphatic heterocycles. The number of hydrogen-bond donors (Lipinski definition) is 0. The van der Waals surface area contributed by atoms with Crippen LogP contribution >= 0.6 is 22.6 Å². The zero-order valence-corrected chi connectivity index (χ0v) is 10.6. The van der Waals surface area contributed by atoms with Crippen molar-refractivity contribution >= 4 is 28.3 Å². The molecule has 2 aromatic rings. The molecule has 0 unspecified atom stereocenters. The zero-order valence-electron chi connectivity index (χ0n) is 8.42. The summed E-state index contributed by atoms with van der Waals surface area (Å²) in [6, 6.07) is 5.16. The van der Waals surface area contributed by atoms with Crippen LogP contribution in [0, 0.1) is 13.7 Å². The van der Waals surface area contributed by atoms with Crippen molar-refractivity contribution in [3.63, 3.8) is 0 Å². The van der Waals surface area contributed by atoms with Crippen LogP contribution in [0.5, 0.6) is 0 Å². The summed E-state index contributed by atoms with van der Waals surface area (Å²) in [5.41, 5.74) is 1.81. The standard InChI is InChI=1S/C10H8IN3O2/c1-13-6-8(5-12-13)7-2-3-9(11)10(4-7)14(15)16/h2-6H,1H3. The lowest BCUT2D eigenvalue weighted by molar-refractivity contribution is -0.385. The maximum atomic E-state index is 10.8. The number of nitrogens with zero attached hydrogens (tertiary/aromatic N) is 3. The number of halogens is 1. The van der Waals surface area contributed by atoms with Gasteiger partial charge in [0.1, 0.15) is 0 Å². The third-order valence-corrected chi connectivity index (χ3v) is 3.09. The van der Waals surface area contributed by atoms with Crippen molar-refractivity contribution in [2.45, 2.75) is 0 Å². The Balaban J connectivity index is 2.51. The molecule has 0 amide bonds. The SMILES string of the molecule is Cn1cc(-c2ccc(I)c([N+](=O)[O-])c2)cn1. The molecule has 0 N–H and O–H groups in total. The fourth-order valence-electron chi connectivity index (χ4n) is 1.40. The molecule has 0 spiro atoms. The minimum atomic E-state index is -0.373. The Bertz CT molecular complexity index is 551. The van der Waals surface area contributed by atoms with Crippen LogP contribution in [0.4, 0.5) is 5.69 Å². The summed E-state index contributed by atoms with van der Waals surface area (Å²) < 4.78 is 2.30. The minimum absolute atomic E-state index is 0.127. The molecule has 1 aromatic carbocycles. The first-order chi connectivity index (χ1) is 7.58. The van der Waals surface area contributed by atoms with E-state index in [1.165, 1.54) is 0 Å². The maximum absolute atomic E-state index is 10.8. The summed E-state index contributed by atoms with van der Waals surface area (Å²) in [6.07, 6.45) is 3.51. The lowest BCUT2D eigenvalue weighted by Gasteiger charge is -1.99. The van der Waals surface area contributed by atoms with E-state index in [0.717, 1.165) is 11.1 Å². The Morgan fingerprint density at radius 2 is 2.19 bits per heavy atom. The van der Waals surface area contributed by atoms with Crippen molar-refractivity contribution in [1.82, 2.24) is 9.78 Å². The summed E-state index contributed by atoms with van der Waals surface area (Å²) in [5.74, 6) is 0. The summed E-state index contributed by atoms with van der Waals surface area (Å²) in [4.78, 5) is 10.4. The molecule has 0 bridgehead atoms. The van der Waals surface area contributed by atoms with Crippen LogP contribution < -0.4 is 0 Å². The van der Waals surface area contributed by atoms with Gasteiger partial charge >= 0.3 is 0 Å². The van der Waals surface area contributed by atoms with Gasteiger partial charge in [-0.05, 0) is 34.2 Å². The van der Waals surface area contributed by atoms with Crippen molar-refractivity contribution in [2.75, 3.05) is 0 Å². The molecule has 0 aliphatic carbocycles. The van der Waals surface area contributed by atoms with Gasteiger partial charge in [-0.1, -0.05) is 6.07 Å². The number of nitro groups is 1. The van der Waals surface area contributed by atoms with E-state index < -0.39 is 0 Å². The van der Waals surface area contributed by atoms with E-state index in [1.54, 1.807) is 23.0 Å². The van der Waals surface area contributed by atoms with Gasteiger partial charge < -0.3 is 0 Å². The predicted octanol–water partition coefficient (Wildman–Crippen LogP) is 2.60. The molecule has 0 saturated carbocycles. The second-order valence-electron chi connectivity index (χ2n) is 3.33. The van der Waals surface area contributed by atoms with Gasteiger partial charge in [0, 0.05) is 24.9 Å². The highest BCUT2D eigenvalue weighted by molar-refractivity contribution is 14.1. The minimum Gasteiger partial charge on any atom is -0.275 e. The van der Waals surface area contributed by atoms with Gasteiger partial charge in [-0.15, -0.1) is 0 Å². The van der Waals surface area contributed by atoms with Crippen molar-refractivity contribution in [1.29, 1.82) is 0 Å². The van der Waals surface area contributed by atoms with Gasteiger partial charge in [0.15, 0.2) is 0 Å². The third kappa shape index (κ3) is 2.06. The number of hydrogen-bond acceptors (Lipinski definition) is 3. The summed E-state index contributed by atoms with van der Waals surface area (Å²) in [6.45, 7) is 0. The van der Waals surface area contributed by atoms with E-state index in [2.05, 4.69) is 5.10 Å². The Morgan fingerprint density at radius 1 is 1.44 bits per heavy atom. The molecule has 1 heterocycles. The average Bonchev–Trinajstić information content (AvgIpc) is 2.65. The highest BCUT2D eigenvalue weighted by Gasteiger charge is 2.13. The van der Waals surface area contributed by atoms with E-state index in [9.17, 15) is 10.1 Å². The van der Waals surface area contributed by atoms with Crippen molar-refractivity contribution in [3.05, 3.63) is 44.3 Å². The molecule has 5 nitrogen and oxygen atoms in total. The van der Waals surface area contributed by atoms with Crippen LogP contribution in [-0.4, -0.2) is 14.7 Å². The zero-order chi connectivity index (χ0) is 11.7. The monoisotopic (exact) mass is 329 g/mol. The van der Waals surface area contributed by atoms with E-state index in [-0.39, 0.29) is 10.6 Å². The summed E-state index contributed by atoms with van der Waals surface area (Å²) in [5, 5.41) is 14.8. The van der Waals surface area contributed by atoms with E-state index in [4.69, 9.17) is 0 Å². The smallest absolute Gasteiger partial charge is 0.275 e. The van der Waals surface area contributed by atoms with Gasteiger partial charge in [0.2, 0.25) is 0 Å². The first-order valence-corrected chi connectivity index (χ1v) is 5.59. The molecule has 0 atom stereocenters. The van der Waals surface area contributed by atoms with Crippen molar-refractivity contribution in [2.24, 2.45) is 7.05 Å². The first-order valence-electron chi connectivity index (χ1n) is 4.51. The summed E-state index contributed by atoms with van der Waals surface area (Å²) >= 11 is 1.95. The predicted molar refractivity (Wildman–Crippen MR) is 68.0 cm³/mol. The molecule has 16 heavy (non-hydrogen) atoms. The molecule has 2 rings (SSSR count). The topological polar surface area (TPSA) is 61.0 Å². The molecule has 0 aliphatic rings. The highest BCUT2D eigenvalue weighted by atomic mass is 127. The molecule has 0 radical (unpaired) electrons. The number of rotatable bonds is 2. The van der Waals surface area contributed by atoms with Gasteiger partial charge in [0.05, 0.1) is 14.7 Å². The molecule has 6 heteroatoms. The second kappa shape index (κ2) is 4.20. The van der Waals surface area contributed by atoms with Gasteiger partial charge in [0.25, 0.3) is 5.69 Å². The first kappa shape index (κ1) is 11.1. The quantitative estimate of drug-likeness (QED) is 0.483. The molecule has 0 saturated heterocycles. The largest absolute Gasteiger partial charge is 0.283 e. The lowest BCUT2D eigenvalue weighted by atomic mass is 10.1. The van der Waals surface area contributed by atoms with Crippen LogP contribution in [0.25, 0.3) is 11.1 Å². The number of aryl methyl sites for hydroxylation is 1. The van der Waals surface area contributed by atoms with E-state index >= 15 is 0 Å². The van der Waals surface area contributed by atoms with Crippen LogP contribution in [0.1, 0.15) is 0 Å². The maximum Gasteiger partial charge on any atom is 0.283 e. The third-order valence-electron chi connectivity index (χ3n) is 2.18. The fourth-order valence-corrected chi connectivity index (χ4v) is 1.93. The Hall–Kier alpha value is -1.44. The van der Waals surface area contributed by atoms with E-state index in [1.807, 2.05) is 41.9 Å². The van der Waals surface area contributed by atoms with Crippen LogP contribution in [0.3, 0.4) is 0 Å². The van der Waals surface area contributed by atoms with Crippen LogP contribution in [0.2, 0.25) is 0 Å². The highest BCUT2D eigenvalue weighted by Crippen LogP contribution is 2.27. The normalized spacial score (nSPS) is 10.4. The molecular formula is C10H8IN3O2. The van der Waals surface area contributed by atoms with Crippen molar-refractivity contribution < 1.29 is 4.92 Å². The number of aromatic nitrogens is 2. The van der Waals surface area contributed by atoms with E-state index in [0.29, 0.717) is 3.57 Å². The van der Waals surface area contributed by atoms with Gasteiger partial charge in [-0.2, -0.15) is 5.10 Å². The van der Waals surface area contributed by atoms with Gasteiger partial charge in [-0.25, -0.2) is 0 Å². The fraction of sp³-hybridized carbons (Fsp3) is 0.100. The molecule has 1 aromatic heterocycles. The van der Waals surface area contributed by atoms with Crippen LogP contribution in [0.15, 0.2) is 30.6 Å². The number of benzene rings is 1. The summed E-state index contributed by atoms with van der Waals surface area (Å²) in [7, 11) is 1.81. The molecular weight excluding hydrogens is 321 g/mol. The average molecular weight is 329 g/mol. The second-order valence-corrected chi connectivity index (χ2v) is 4.49. The Morgan fingerprint density at radius 3 is 2.75 bits per heavy atom. The molecule has 0 fully saturated rings. The van der Waals surface area contributed by atoms with Gasteiger partial charge in [-0.3, -0.25) is 14.8 Å². The Labute approximate surface area is 105 Å². The Kier molecular flexibility index (Phi) is 2.90. The molecule has 82 valence electrons. The van der Waals surface area contributed by atoms with Crippen LogP contribution in [-0.2, 0) is 7.05 Å². The number of nitro benzene ring substituents is 1.